The van der Waals surface area contributed by atoms with Gasteiger partial charge in [0.2, 0.25) is 5.91 Å². The number of hydrogen-bond acceptors (Lipinski definition) is 6. The summed E-state index contributed by atoms with van der Waals surface area (Å²) in [7, 11) is 4.98. The second-order valence-electron chi connectivity index (χ2n) is 6.85. The maximum atomic E-state index is 11.6. The predicted molar refractivity (Wildman–Crippen MR) is 125 cm³/mol. The van der Waals surface area contributed by atoms with E-state index in [2.05, 4.69) is 25.8 Å². The van der Waals surface area contributed by atoms with Crippen molar-refractivity contribution in [2.45, 2.75) is 12.5 Å². The number of nitrogens with one attached hydrogen (secondary N) is 3. The van der Waals surface area contributed by atoms with Crippen LogP contribution in [0.4, 0.5) is 10.5 Å². The van der Waals surface area contributed by atoms with Crippen LogP contribution in [0.2, 0.25) is 0 Å². The molecule has 2 fully saturated rings. The van der Waals surface area contributed by atoms with E-state index in [0.29, 0.717) is 19.0 Å². The van der Waals surface area contributed by atoms with Gasteiger partial charge < -0.3 is 30.3 Å². The molecule has 1 atom stereocenters. The number of carbonyl (C=O) groups is 2. The van der Waals surface area contributed by atoms with Crippen LogP contribution < -0.4 is 30.3 Å². The maximum absolute atomic E-state index is 11.6. The van der Waals surface area contributed by atoms with Gasteiger partial charge in [0.25, 0.3) is 0 Å². The highest BCUT2D eigenvalue weighted by Gasteiger charge is 2.28. The standard InChI is InChI=1S/C19H28N6O4.HI/c1-20-18(21-5-7-25-17(26)11-22-19(25)27)23-13-4-6-24(12-13)14-8-15(28-2)10-16(9-14)29-3;/h8-10,13H,4-7,11-12H2,1-3H3,(H,22,27)(H2,20,21,23);1H. The van der Waals surface area contributed by atoms with E-state index in [1.807, 2.05) is 18.2 Å². The fraction of sp³-hybridized carbons (Fsp3) is 0.526. The number of amides is 3. The summed E-state index contributed by atoms with van der Waals surface area (Å²) in [4.78, 5) is 30.9. The van der Waals surface area contributed by atoms with Crippen LogP contribution in [-0.2, 0) is 4.79 Å². The maximum Gasteiger partial charge on any atom is 0.324 e. The Bertz CT molecular complexity index is 752. The minimum Gasteiger partial charge on any atom is -0.497 e. The lowest BCUT2D eigenvalue weighted by Crippen LogP contribution is -2.47. The molecule has 10 nitrogen and oxygen atoms in total. The van der Waals surface area contributed by atoms with Gasteiger partial charge >= 0.3 is 6.03 Å². The van der Waals surface area contributed by atoms with Crippen LogP contribution in [0, 0.1) is 0 Å². The van der Waals surface area contributed by atoms with Crippen LogP contribution in [0.5, 0.6) is 11.5 Å². The van der Waals surface area contributed by atoms with Crippen molar-refractivity contribution in [2.75, 3.05) is 58.9 Å². The number of carbonyl (C=O) groups excluding carboxylic acids is 2. The molecule has 3 N–H and O–H groups in total. The third-order valence-corrected chi connectivity index (χ3v) is 5.02. The molecular weight excluding hydrogens is 503 g/mol. The predicted octanol–water partition coefficient (Wildman–Crippen LogP) is 0.617. The Morgan fingerprint density at radius 2 is 1.93 bits per heavy atom. The van der Waals surface area contributed by atoms with E-state index in [4.69, 9.17) is 9.47 Å². The summed E-state index contributed by atoms with van der Waals surface area (Å²) < 4.78 is 10.7. The first-order valence-corrected chi connectivity index (χ1v) is 9.57. The van der Waals surface area contributed by atoms with Gasteiger partial charge in [0.05, 0.1) is 20.8 Å². The summed E-state index contributed by atoms with van der Waals surface area (Å²) in [6.07, 6.45) is 0.952. The first-order chi connectivity index (χ1) is 14.0. The van der Waals surface area contributed by atoms with Gasteiger partial charge in [0, 0.05) is 63.2 Å². The molecule has 1 unspecified atom stereocenters. The number of rotatable bonds is 7. The molecule has 3 amide bonds. The zero-order chi connectivity index (χ0) is 20.8. The molecule has 0 spiro atoms. The number of aliphatic imine (C=N–C) groups is 1. The topological polar surface area (TPSA) is 108 Å². The Balaban J connectivity index is 0.00000320. The van der Waals surface area contributed by atoms with Gasteiger partial charge in [0.15, 0.2) is 5.96 Å². The first kappa shape index (κ1) is 23.8. The summed E-state index contributed by atoms with van der Waals surface area (Å²) in [5.74, 6) is 1.95. The second-order valence-corrected chi connectivity index (χ2v) is 6.85. The number of benzene rings is 1. The zero-order valence-corrected chi connectivity index (χ0v) is 19.8. The van der Waals surface area contributed by atoms with Gasteiger partial charge in [-0.15, -0.1) is 24.0 Å². The Hall–Kier alpha value is -2.44. The molecule has 0 aromatic heterocycles. The van der Waals surface area contributed by atoms with Gasteiger partial charge in [0.1, 0.15) is 11.5 Å². The summed E-state index contributed by atoms with van der Waals surface area (Å²) in [6.45, 7) is 2.50. The van der Waals surface area contributed by atoms with Crippen molar-refractivity contribution in [1.29, 1.82) is 0 Å². The molecule has 30 heavy (non-hydrogen) atoms. The second kappa shape index (κ2) is 11.1. The average Bonchev–Trinajstić information content (AvgIpc) is 3.34. The lowest BCUT2D eigenvalue weighted by Gasteiger charge is -2.22. The molecule has 1 aromatic rings. The third-order valence-electron chi connectivity index (χ3n) is 5.02. The van der Waals surface area contributed by atoms with E-state index < -0.39 is 0 Å². The Kier molecular flexibility index (Phi) is 8.81. The fourth-order valence-corrected chi connectivity index (χ4v) is 3.44. The van der Waals surface area contributed by atoms with Crippen molar-refractivity contribution in [3.8, 4) is 11.5 Å². The van der Waals surface area contributed by atoms with Crippen LogP contribution in [-0.4, -0.2) is 82.8 Å². The van der Waals surface area contributed by atoms with E-state index in [9.17, 15) is 9.59 Å². The lowest BCUT2D eigenvalue weighted by atomic mass is 10.2. The number of urea groups is 1. The number of anilines is 1. The highest BCUT2D eigenvalue weighted by Crippen LogP contribution is 2.30. The molecule has 0 bridgehead atoms. The summed E-state index contributed by atoms with van der Waals surface area (Å²) in [5.41, 5.74) is 1.05. The van der Waals surface area contributed by atoms with Crippen LogP contribution in [0.1, 0.15) is 6.42 Å². The van der Waals surface area contributed by atoms with Crippen LogP contribution in [0.15, 0.2) is 23.2 Å². The molecule has 1 aromatic carbocycles. The molecule has 2 heterocycles. The highest BCUT2D eigenvalue weighted by molar-refractivity contribution is 14.0. The van der Waals surface area contributed by atoms with Crippen molar-refractivity contribution in [3.63, 3.8) is 0 Å². The minimum absolute atomic E-state index is 0. The Morgan fingerprint density at radius 1 is 1.23 bits per heavy atom. The largest absolute Gasteiger partial charge is 0.497 e. The molecule has 3 rings (SSSR count). The fourth-order valence-electron chi connectivity index (χ4n) is 3.44. The van der Waals surface area contributed by atoms with E-state index >= 15 is 0 Å². The monoisotopic (exact) mass is 532 g/mol. The number of guanidine groups is 1. The number of nitrogens with zero attached hydrogens (tertiary/aromatic N) is 3. The lowest BCUT2D eigenvalue weighted by molar-refractivity contribution is -0.124. The number of ether oxygens (including phenoxy) is 2. The highest BCUT2D eigenvalue weighted by atomic mass is 127. The van der Waals surface area contributed by atoms with Crippen molar-refractivity contribution >= 4 is 47.6 Å². The molecule has 0 aliphatic carbocycles. The smallest absolute Gasteiger partial charge is 0.324 e. The number of hydrogen-bond donors (Lipinski definition) is 3. The van der Waals surface area contributed by atoms with Gasteiger partial charge in [-0.05, 0) is 6.42 Å². The summed E-state index contributed by atoms with van der Waals surface area (Å²) in [6, 6.07) is 5.72. The van der Waals surface area contributed by atoms with E-state index in [-0.39, 0.29) is 48.5 Å². The van der Waals surface area contributed by atoms with Gasteiger partial charge in [-0.1, -0.05) is 0 Å². The van der Waals surface area contributed by atoms with Gasteiger partial charge in [-0.25, -0.2) is 4.79 Å². The molecule has 0 radical (unpaired) electrons. The van der Waals surface area contributed by atoms with Crippen LogP contribution >= 0.6 is 24.0 Å². The molecule has 11 heteroatoms. The summed E-state index contributed by atoms with van der Waals surface area (Å²) >= 11 is 0. The Labute approximate surface area is 193 Å². The van der Waals surface area contributed by atoms with E-state index in [0.717, 1.165) is 36.7 Å². The van der Waals surface area contributed by atoms with E-state index in [1.54, 1.807) is 21.3 Å². The van der Waals surface area contributed by atoms with Crippen molar-refractivity contribution in [3.05, 3.63) is 18.2 Å². The normalized spacial score (nSPS) is 18.8. The third kappa shape index (κ3) is 5.80. The molecule has 2 aliphatic heterocycles. The zero-order valence-electron chi connectivity index (χ0n) is 17.4. The first-order valence-electron chi connectivity index (χ1n) is 9.57. The van der Waals surface area contributed by atoms with Crippen molar-refractivity contribution in [2.24, 2.45) is 4.99 Å². The quantitative estimate of drug-likeness (QED) is 0.205. The SMILES string of the molecule is CN=C(NCCN1C(=O)CNC1=O)NC1CCN(c2cc(OC)cc(OC)c2)C1.I. The van der Waals surface area contributed by atoms with Crippen molar-refractivity contribution in [1.82, 2.24) is 20.9 Å². The van der Waals surface area contributed by atoms with E-state index in [1.165, 1.54) is 4.90 Å². The summed E-state index contributed by atoms with van der Waals surface area (Å²) in [5, 5.41) is 9.07. The molecule has 0 saturated carbocycles. The average molecular weight is 532 g/mol. The van der Waals surface area contributed by atoms with Crippen LogP contribution in [0.25, 0.3) is 0 Å². The molecule has 2 aliphatic rings. The van der Waals surface area contributed by atoms with Crippen molar-refractivity contribution < 1.29 is 19.1 Å². The van der Waals surface area contributed by atoms with Gasteiger partial charge in [-0.3, -0.25) is 14.7 Å². The minimum atomic E-state index is -0.347. The van der Waals surface area contributed by atoms with Gasteiger partial charge in [-0.2, -0.15) is 0 Å². The molecule has 2 saturated heterocycles. The van der Waals surface area contributed by atoms with Crippen LogP contribution in [0.3, 0.4) is 0 Å². The number of imide groups is 1. The molecular formula is C19H29IN6O4. The number of halogens is 1. The Morgan fingerprint density at radius 3 is 2.50 bits per heavy atom. The molecule has 166 valence electrons. The number of methoxy groups -OCH3 is 2.